The molecule has 1 aromatic heterocycles. The fourth-order valence-corrected chi connectivity index (χ4v) is 3.23. The Morgan fingerprint density at radius 1 is 1.29 bits per heavy atom. The summed E-state index contributed by atoms with van der Waals surface area (Å²) < 4.78 is 10.2. The Bertz CT molecular complexity index is 727. The largest absolute Gasteiger partial charge is 0.465 e. The number of hydrogen-bond donors (Lipinski definition) is 1. The maximum absolute atomic E-state index is 12.0. The number of ether oxygens (including phenoxy) is 1. The van der Waals surface area contributed by atoms with Crippen LogP contribution >= 0.6 is 23.5 Å². The van der Waals surface area contributed by atoms with E-state index in [0.717, 1.165) is 10.6 Å². The Kier molecular flexibility index (Phi) is 6.81. The van der Waals surface area contributed by atoms with Gasteiger partial charge in [0, 0.05) is 10.6 Å². The number of hydrogen-bond acceptors (Lipinski definition) is 6. The Morgan fingerprint density at radius 2 is 2.08 bits per heavy atom. The second-order valence-electron chi connectivity index (χ2n) is 4.95. The van der Waals surface area contributed by atoms with Gasteiger partial charge < -0.3 is 14.5 Å². The molecule has 2 rings (SSSR count). The molecular weight excluding hydrogens is 346 g/mol. The summed E-state index contributed by atoms with van der Waals surface area (Å²) in [5.41, 5.74) is 1.21. The first-order valence-electron chi connectivity index (χ1n) is 7.22. The van der Waals surface area contributed by atoms with Crippen molar-refractivity contribution < 1.29 is 18.7 Å². The van der Waals surface area contributed by atoms with Gasteiger partial charge in [-0.15, -0.1) is 23.5 Å². The van der Waals surface area contributed by atoms with Crippen molar-refractivity contribution in [3.63, 3.8) is 0 Å². The molecule has 1 heterocycles. The number of aryl methyl sites for hydroxylation is 1. The highest BCUT2D eigenvalue weighted by atomic mass is 32.2. The predicted octanol–water partition coefficient (Wildman–Crippen LogP) is 3.97. The van der Waals surface area contributed by atoms with Crippen LogP contribution in [0.5, 0.6) is 0 Å². The normalized spacial score (nSPS) is 10.5. The summed E-state index contributed by atoms with van der Waals surface area (Å²) in [7, 11) is 1.33. The number of methoxy groups -OCH3 is 1. The van der Waals surface area contributed by atoms with Gasteiger partial charge in [0.05, 0.1) is 18.6 Å². The van der Waals surface area contributed by atoms with Gasteiger partial charge in [0.25, 0.3) is 0 Å². The minimum atomic E-state index is -0.418. The lowest BCUT2D eigenvalue weighted by atomic mass is 10.2. The van der Waals surface area contributed by atoms with Crippen LogP contribution in [0.4, 0.5) is 5.69 Å². The third kappa shape index (κ3) is 5.07. The average molecular weight is 365 g/mol. The lowest BCUT2D eigenvalue weighted by Gasteiger charge is -2.06. The molecule has 1 aromatic carbocycles. The average Bonchev–Trinajstić information content (AvgIpc) is 2.95. The second kappa shape index (κ2) is 8.84. The van der Waals surface area contributed by atoms with Crippen LogP contribution in [0.3, 0.4) is 0 Å². The molecule has 0 saturated heterocycles. The summed E-state index contributed by atoms with van der Waals surface area (Å²) >= 11 is 3.05. The topological polar surface area (TPSA) is 68.5 Å². The number of carbonyl (C=O) groups is 2. The second-order valence-corrected chi connectivity index (χ2v) is 6.81. The minimum absolute atomic E-state index is 0.0743. The summed E-state index contributed by atoms with van der Waals surface area (Å²) in [5, 5.41) is 2.87. The molecule has 7 heteroatoms. The van der Waals surface area contributed by atoms with E-state index in [-0.39, 0.29) is 5.91 Å². The van der Waals surface area contributed by atoms with Gasteiger partial charge in [-0.25, -0.2) is 4.79 Å². The molecule has 0 saturated carbocycles. The number of furan rings is 1. The zero-order valence-corrected chi connectivity index (χ0v) is 15.4. The quantitative estimate of drug-likeness (QED) is 0.591. The van der Waals surface area contributed by atoms with Crippen LogP contribution in [0, 0.1) is 6.92 Å². The molecule has 0 radical (unpaired) electrons. The third-order valence-electron chi connectivity index (χ3n) is 3.21. The van der Waals surface area contributed by atoms with E-state index >= 15 is 0 Å². The lowest BCUT2D eigenvalue weighted by molar-refractivity contribution is -0.113. The lowest BCUT2D eigenvalue weighted by Crippen LogP contribution is -2.14. The summed E-state index contributed by atoms with van der Waals surface area (Å²) in [4.78, 5) is 24.6. The molecule has 0 fully saturated rings. The zero-order valence-electron chi connectivity index (χ0n) is 13.8. The Morgan fingerprint density at radius 3 is 2.79 bits per heavy atom. The van der Waals surface area contributed by atoms with Crippen molar-refractivity contribution in [1.82, 2.24) is 0 Å². The number of rotatable bonds is 7. The van der Waals surface area contributed by atoms with E-state index in [1.54, 1.807) is 24.8 Å². The van der Waals surface area contributed by atoms with E-state index in [1.807, 2.05) is 30.5 Å². The minimum Gasteiger partial charge on any atom is -0.465 e. The standard InChI is InChI=1S/C17H19NO4S2/c1-11-15(17(20)21-2)8-13(22-11)9-24-10-16(19)18-12-5-4-6-14(7-12)23-3/h4-8H,9-10H2,1-3H3,(H,18,19). The van der Waals surface area contributed by atoms with Crippen molar-refractivity contribution in [3.8, 4) is 0 Å². The van der Waals surface area contributed by atoms with Gasteiger partial charge >= 0.3 is 5.97 Å². The first-order valence-corrected chi connectivity index (χ1v) is 9.60. The number of carbonyl (C=O) groups excluding carboxylic acids is 2. The predicted molar refractivity (Wildman–Crippen MR) is 97.8 cm³/mol. The third-order valence-corrected chi connectivity index (χ3v) is 4.89. The van der Waals surface area contributed by atoms with Gasteiger partial charge in [0.1, 0.15) is 17.1 Å². The molecule has 0 bridgehead atoms. The number of nitrogens with one attached hydrogen (secondary N) is 1. The van der Waals surface area contributed by atoms with Gasteiger partial charge in [-0.1, -0.05) is 6.07 Å². The summed E-state index contributed by atoms with van der Waals surface area (Å²) in [5.74, 6) is 1.49. The van der Waals surface area contributed by atoms with Gasteiger partial charge in [-0.05, 0) is 37.4 Å². The molecule has 0 unspecified atom stereocenters. The Balaban J connectivity index is 1.83. The van der Waals surface area contributed by atoms with Gasteiger partial charge in [-0.2, -0.15) is 0 Å². The van der Waals surface area contributed by atoms with Crippen LogP contribution in [0.1, 0.15) is 21.9 Å². The fourth-order valence-electron chi connectivity index (χ4n) is 2.07. The molecule has 128 valence electrons. The molecule has 0 atom stereocenters. The number of anilines is 1. The zero-order chi connectivity index (χ0) is 17.5. The highest BCUT2D eigenvalue weighted by molar-refractivity contribution is 7.99. The SMILES string of the molecule is COC(=O)c1cc(CSCC(=O)Nc2cccc(SC)c2)oc1C. The molecule has 0 aliphatic rings. The van der Waals surface area contributed by atoms with Gasteiger partial charge in [-0.3, -0.25) is 4.79 Å². The van der Waals surface area contributed by atoms with Crippen molar-refractivity contribution in [2.75, 3.05) is 24.4 Å². The fraction of sp³-hybridized carbons (Fsp3) is 0.294. The van der Waals surface area contributed by atoms with E-state index < -0.39 is 5.97 Å². The summed E-state index contributed by atoms with van der Waals surface area (Å²) in [6.45, 7) is 1.71. The molecule has 2 aromatic rings. The van der Waals surface area contributed by atoms with Crippen LogP contribution in [0.2, 0.25) is 0 Å². The van der Waals surface area contributed by atoms with Crippen LogP contribution in [0.25, 0.3) is 0 Å². The smallest absolute Gasteiger partial charge is 0.341 e. The van der Waals surface area contributed by atoms with E-state index in [2.05, 4.69) is 10.1 Å². The van der Waals surface area contributed by atoms with Crippen molar-refractivity contribution >= 4 is 41.1 Å². The van der Waals surface area contributed by atoms with Crippen LogP contribution < -0.4 is 5.32 Å². The van der Waals surface area contributed by atoms with Crippen LogP contribution in [-0.2, 0) is 15.3 Å². The van der Waals surface area contributed by atoms with Crippen molar-refractivity contribution in [2.45, 2.75) is 17.6 Å². The monoisotopic (exact) mass is 365 g/mol. The molecule has 0 spiro atoms. The molecule has 1 amide bonds. The van der Waals surface area contributed by atoms with Crippen molar-refractivity contribution in [2.24, 2.45) is 0 Å². The van der Waals surface area contributed by atoms with Crippen molar-refractivity contribution in [1.29, 1.82) is 0 Å². The van der Waals surface area contributed by atoms with Gasteiger partial charge in [0.2, 0.25) is 5.91 Å². The van der Waals surface area contributed by atoms with Gasteiger partial charge in [0.15, 0.2) is 0 Å². The highest BCUT2D eigenvalue weighted by Gasteiger charge is 2.15. The van der Waals surface area contributed by atoms with Crippen LogP contribution in [-0.4, -0.2) is 31.0 Å². The Labute approximate surface area is 149 Å². The maximum atomic E-state index is 12.0. The Hall–Kier alpha value is -1.86. The maximum Gasteiger partial charge on any atom is 0.341 e. The number of thioether (sulfide) groups is 2. The van der Waals surface area contributed by atoms with E-state index in [0.29, 0.717) is 28.6 Å². The molecule has 1 N–H and O–H groups in total. The molecule has 0 aliphatic heterocycles. The van der Waals surface area contributed by atoms with Crippen LogP contribution in [0.15, 0.2) is 39.6 Å². The molecule has 0 aliphatic carbocycles. The highest BCUT2D eigenvalue weighted by Crippen LogP contribution is 2.21. The molecule has 24 heavy (non-hydrogen) atoms. The first kappa shape index (κ1) is 18.5. The molecular formula is C17H19NO4S2. The van der Waals surface area contributed by atoms with E-state index in [9.17, 15) is 9.59 Å². The summed E-state index contributed by atoms with van der Waals surface area (Å²) in [6, 6.07) is 9.36. The molecule has 5 nitrogen and oxygen atoms in total. The van der Waals surface area contributed by atoms with E-state index in [1.165, 1.54) is 18.9 Å². The van der Waals surface area contributed by atoms with E-state index in [4.69, 9.17) is 4.42 Å². The number of amides is 1. The first-order chi connectivity index (χ1) is 11.5. The summed E-state index contributed by atoms with van der Waals surface area (Å²) in [6.07, 6.45) is 1.99. The number of esters is 1. The van der Waals surface area contributed by atoms with Crippen molar-refractivity contribution in [3.05, 3.63) is 47.4 Å². The number of benzene rings is 1.